The minimum atomic E-state index is -0.241. The lowest BCUT2D eigenvalue weighted by Gasteiger charge is -2.18. The highest BCUT2D eigenvalue weighted by Gasteiger charge is 2.48. The average molecular weight is 177 g/mol. The highest BCUT2D eigenvalue weighted by Crippen LogP contribution is 2.50. The van der Waals surface area contributed by atoms with Crippen LogP contribution in [0.3, 0.4) is 0 Å². The fourth-order valence-corrected chi connectivity index (χ4v) is 1.94. The molecule has 1 aromatic heterocycles. The van der Waals surface area contributed by atoms with Crippen LogP contribution in [-0.4, -0.2) is 16.2 Å². The Morgan fingerprint density at radius 2 is 2.23 bits per heavy atom. The summed E-state index contributed by atoms with van der Waals surface area (Å²) in [4.78, 5) is 4.16. The normalized spacial score (nSPS) is 21.2. The van der Waals surface area contributed by atoms with Crippen molar-refractivity contribution in [3.8, 4) is 0 Å². The van der Waals surface area contributed by atoms with Crippen molar-refractivity contribution >= 4 is 0 Å². The van der Waals surface area contributed by atoms with Gasteiger partial charge >= 0.3 is 0 Å². The quantitative estimate of drug-likeness (QED) is 0.747. The van der Waals surface area contributed by atoms with Crippen LogP contribution in [0.4, 0.5) is 0 Å². The SMILES string of the molecule is Cc1cc(C2(C(C)O)CC2)ccn1. The van der Waals surface area contributed by atoms with Gasteiger partial charge < -0.3 is 5.11 Å². The lowest BCUT2D eigenvalue weighted by atomic mass is 9.91. The van der Waals surface area contributed by atoms with Gasteiger partial charge in [-0.1, -0.05) is 0 Å². The van der Waals surface area contributed by atoms with E-state index >= 15 is 0 Å². The Bertz CT molecular complexity index is 316. The third kappa shape index (κ3) is 1.35. The van der Waals surface area contributed by atoms with Gasteiger partial charge in [0.15, 0.2) is 0 Å². The molecular formula is C11H15NO. The highest BCUT2D eigenvalue weighted by molar-refractivity contribution is 5.32. The van der Waals surface area contributed by atoms with Crippen molar-refractivity contribution in [2.75, 3.05) is 0 Å². The van der Waals surface area contributed by atoms with E-state index in [0.717, 1.165) is 18.5 Å². The Hall–Kier alpha value is -0.890. The van der Waals surface area contributed by atoms with E-state index in [9.17, 15) is 5.11 Å². The molecule has 1 N–H and O–H groups in total. The molecule has 0 spiro atoms. The largest absolute Gasteiger partial charge is 0.392 e. The Labute approximate surface area is 78.6 Å². The number of hydrogen-bond donors (Lipinski definition) is 1. The summed E-state index contributed by atoms with van der Waals surface area (Å²) in [7, 11) is 0. The molecule has 0 aromatic carbocycles. The summed E-state index contributed by atoms with van der Waals surface area (Å²) in [6, 6.07) is 4.10. The van der Waals surface area contributed by atoms with Crippen LogP contribution >= 0.6 is 0 Å². The first-order chi connectivity index (χ1) is 6.15. The first-order valence-corrected chi connectivity index (χ1v) is 4.76. The molecule has 1 saturated carbocycles. The maximum absolute atomic E-state index is 9.67. The van der Waals surface area contributed by atoms with Crippen LogP contribution in [0.15, 0.2) is 18.3 Å². The van der Waals surface area contributed by atoms with E-state index in [1.807, 2.05) is 26.1 Å². The first-order valence-electron chi connectivity index (χ1n) is 4.76. The molecule has 0 saturated heterocycles. The van der Waals surface area contributed by atoms with Crippen molar-refractivity contribution in [1.82, 2.24) is 4.98 Å². The van der Waals surface area contributed by atoms with E-state index in [0.29, 0.717) is 0 Å². The van der Waals surface area contributed by atoms with Crippen LogP contribution in [0.25, 0.3) is 0 Å². The zero-order chi connectivity index (χ0) is 9.47. The molecule has 0 radical (unpaired) electrons. The number of nitrogens with zero attached hydrogens (tertiary/aromatic N) is 1. The molecule has 2 rings (SSSR count). The molecule has 1 aliphatic rings. The Balaban J connectivity index is 2.35. The van der Waals surface area contributed by atoms with Crippen molar-refractivity contribution in [1.29, 1.82) is 0 Å². The van der Waals surface area contributed by atoms with Gasteiger partial charge in [-0.25, -0.2) is 0 Å². The fraction of sp³-hybridized carbons (Fsp3) is 0.545. The molecule has 1 aliphatic carbocycles. The molecule has 2 heteroatoms. The summed E-state index contributed by atoms with van der Waals surface area (Å²) in [5.74, 6) is 0. The summed E-state index contributed by atoms with van der Waals surface area (Å²) >= 11 is 0. The Kier molecular flexibility index (Phi) is 1.88. The third-order valence-corrected chi connectivity index (χ3v) is 3.06. The van der Waals surface area contributed by atoms with Gasteiger partial charge in [-0.2, -0.15) is 0 Å². The highest BCUT2D eigenvalue weighted by atomic mass is 16.3. The van der Waals surface area contributed by atoms with E-state index in [2.05, 4.69) is 11.1 Å². The van der Waals surface area contributed by atoms with Crippen molar-refractivity contribution in [2.24, 2.45) is 0 Å². The number of aryl methyl sites for hydroxylation is 1. The minimum absolute atomic E-state index is 0.0493. The number of hydrogen-bond acceptors (Lipinski definition) is 2. The van der Waals surface area contributed by atoms with Gasteiger partial charge in [-0.15, -0.1) is 0 Å². The van der Waals surface area contributed by atoms with Crippen molar-refractivity contribution < 1.29 is 5.11 Å². The third-order valence-electron chi connectivity index (χ3n) is 3.06. The molecule has 1 fully saturated rings. The van der Waals surface area contributed by atoms with Crippen LogP contribution in [0.5, 0.6) is 0 Å². The second-order valence-electron chi connectivity index (χ2n) is 4.02. The summed E-state index contributed by atoms with van der Waals surface area (Å²) in [5.41, 5.74) is 2.33. The van der Waals surface area contributed by atoms with Gasteiger partial charge in [0.05, 0.1) is 6.10 Å². The number of aliphatic hydroxyl groups is 1. The Morgan fingerprint density at radius 3 is 2.69 bits per heavy atom. The molecule has 13 heavy (non-hydrogen) atoms. The van der Waals surface area contributed by atoms with E-state index < -0.39 is 0 Å². The standard InChI is InChI=1S/C11H15NO/c1-8-7-10(3-6-12-8)11(4-5-11)9(2)13/h3,6-7,9,13H,4-5H2,1-2H3. The number of aliphatic hydroxyl groups excluding tert-OH is 1. The smallest absolute Gasteiger partial charge is 0.0608 e. The molecule has 0 amide bonds. The molecular weight excluding hydrogens is 162 g/mol. The van der Waals surface area contributed by atoms with Gasteiger partial charge in [0.2, 0.25) is 0 Å². The van der Waals surface area contributed by atoms with Crippen LogP contribution in [0.2, 0.25) is 0 Å². The molecule has 2 nitrogen and oxygen atoms in total. The van der Waals surface area contributed by atoms with Crippen molar-refractivity contribution in [3.63, 3.8) is 0 Å². The summed E-state index contributed by atoms with van der Waals surface area (Å²) in [6.45, 7) is 3.87. The van der Waals surface area contributed by atoms with Crippen molar-refractivity contribution in [3.05, 3.63) is 29.6 Å². The number of rotatable bonds is 2. The lowest BCUT2D eigenvalue weighted by Crippen LogP contribution is -2.22. The molecule has 1 unspecified atom stereocenters. The first kappa shape index (κ1) is 8.70. The van der Waals surface area contributed by atoms with Gasteiger partial charge in [0.1, 0.15) is 0 Å². The predicted molar refractivity (Wildman–Crippen MR) is 51.6 cm³/mol. The molecule has 1 aromatic rings. The number of pyridine rings is 1. The van der Waals surface area contributed by atoms with Crippen molar-refractivity contribution in [2.45, 2.75) is 38.2 Å². The summed E-state index contributed by atoms with van der Waals surface area (Å²) < 4.78 is 0. The minimum Gasteiger partial charge on any atom is -0.392 e. The monoisotopic (exact) mass is 177 g/mol. The van der Waals surface area contributed by atoms with E-state index in [-0.39, 0.29) is 11.5 Å². The average Bonchev–Trinajstić information content (AvgIpc) is 2.83. The summed E-state index contributed by atoms with van der Waals surface area (Å²) in [5, 5.41) is 9.67. The van der Waals surface area contributed by atoms with Gasteiger partial charge in [0, 0.05) is 17.3 Å². The molecule has 1 atom stereocenters. The summed E-state index contributed by atoms with van der Waals surface area (Å²) in [6.07, 6.45) is 3.80. The maximum atomic E-state index is 9.67. The van der Waals surface area contributed by atoms with E-state index in [1.54, 1.807) is 0 Å². The molecule has 0 aliphatic heterocycles. The van der Waals surface area contributed by atoms with Crippen LogP contribution in [0, 0.1) is 6.92 Å². The van der Waals surface area contributed by atoms with E-state index in [4.69, 9.17) is 0 Å². The second kappa shape index (κ2) is 2.81. The zero-order valence-electron chi connectivity index (χ0n) is 8.12. The van der Waals surface area contributed by atoms with Gasteiger partial charge in [0.25, 0.3) is 0 Å². The lowest BCUT2D eigenvalue weighted by molar-refractivity contribution is 0.150. The molecule has 1 heterocycles. The second-order valence-corrected chi connectivity index (χ2v) is 4.02. The fourth-order valence-electron chi connectivity index (χ4n) is 1.94. The Morgan fingerprint density at radius 1 is 1.54 bits per heavy atom. The predicted octanol–water partition coefficient (Wildman–Crippen LogP) is 1.80. The topological polar surface area (TPSA) is 33.1 Å². The van der Waals surface area contributed by atoms with E-state index in [1.165, 1.54) is 5.56 Å². The van der Waals surface area contributed by atoms with Gasteiger partial charge in [-0.3, -0.25) is 4.98 Å². The maximum Gasteiger partial charge on any atom is 0.0608 e. The van der Waals surface area contributed by atoms with Gasteiger partial charge in [-0.05, 0) is 44.4 Å². The molecule has 70 valence electrons. The zero-order valence-corrected chi connectivity index (χ0v) is 8.12. The number of aromatic nitrogens is 1. The molecule has 0 bridgehead atoms. The van der Waals surface area contributed by atoms with Crippen LogP contribution in [0.1, 0.15) is 31.0 Å². The van der Waals surface area contributed by atoms with Crippen LogP contribution < -0.4 is 0 Å². The van der Waals surface area contributed by atoms with Crippen LogP contribution in [-0.2, 0) is 5.41 Å².